The van der Waals surface area contributed by atoms with Gasteiger partial charge in [0.1, 0.15) is 5.57 Å². The smallest absolute Gasteiger partial charge is 0.397 e. The Morgan fingerprint density at radius 3 is 2.65 bits per heavy atom. The number of carboxylic acids is 1. The van der Waals surface area contributed by atoms with Gasteiger partial charge in [0.05, 0.1) is 23.9 Å². The number of carbonyl (C=O) groups is 2. The van der Waals surface area contributed by atoms with Gasteiger partial charge in [0.25, 0.3) is 5.91 Å². The minimum absolute atomic E-state index is 0.103. The van der Waals surface area contributed by atoms with Crippen LogP contribution in [0.3, 0.4) is 0 Å². The summed E-state index contributed by atoms with van der Waals surface area (Å²) in [5.74, 6) is -3.29. The molecule has 17 heavy (non-hydrogen) atoms. The number of amides is 1. The first-order valence-electron chi connectivity index (χ1n) is 4.25. The summed E-state index contributed by atoms with van der Waals surface area (Å²) >= 11 is 0. The Bertz CT molecular complexity index is 514. The van der Waals surface area contributed by atoms with E-state index in [9.17, 15) is 19.7 Å². The second kappa shape index (κ2) is 4.43. The summed E-state index contributed by atoms with van der Waals surface area (Å²) in [4.78, 5) is 31.3. The summed E-state index contributed by atoms with van der Waals surface area (Å²) in [6, 6.07) is 0. The number of aliphatic carboxylic acids is 1. The molecule has 0 saturated heterocycles. The number of carbonyl (C=O) groups excluding carboxylic acids is 1. The second-order valence-electron chi connectivity index (χ2n) is 3.07. The van der Waals surface area contributed by atoms with Crippen molar-refractivity contribution < 1.29 is 19.6 Å². The van der Waals surface area contributed by atoms with Crippen LogP contribution in [0.15, 0.2) is 11.8 Å². The Kier molecular flexibility index (Phi) is 3.22. The third-order valence-corrected chi connectivity index (χ3v) is 1.81. The fourth-order valence-corrected chi connectivity index (χ4v) is 1.13. The van der Waals surface area contributed by atoms with E-state index >= 15 is 0 Å². The van der Waals surface area contributed by atoms with Crippen molar-refractivity contribution in [2.24, 2.45) is 12.8 Å². The van der Waals surface area contributed by atoms with Crippen LogP contribution in [-0.4, -0.2) is 31.7 Å². The van der Waals surface area contributed by atoms with Crippen LogP contribution >= 0.6 is 0 Å². The molecule has 90 valence electrons. The fraction of sp³-hybridized carbons (Fsp3) is 0.125. The highest BCUT2D eigenvalue weighted by Gasteiger charge is 2.21. The van der Waals surface area contributed by atoms with Gasteiger partial charge in [-0.1, -0.05) is 0 Å². The van der Waals surface area contributed by atoms with E-state index in [2.05, 4.69) is 5.10 Å². The Balaban J connectivity index is 3.33. The molecule has 0 radical (unpaired) electrons. The maximum Gasteiger partial charge on any atom is 0.397 e. The molecule has 0 spiro atoms. The first-order chi connectivity index (χ1) is 7.82. The lowest BCUT2D eigenvalue weighted by Gasteiger charge is -1.95. The molecule has 1 aromatic heterocycles. The molecule has 9 heteroatoms. The molecule has 3 N–H and O–H groups in total. The molecule has 0 bridgehead atoms. The Morgan fingerprint density at radius 2 is 2.24 bits per heavy atom. The lowest BCUT2D eigenvalue weighted by Crippen LogP contribution is -2.20. The van der Waals surface area contributed by atoms with Crippen molar-refractivity contribution in [1.82, 2.24) is 9.78 Å². The predicted molar refractivity (Wildman–Crippen MR) is 54.7 cm³/mol. The van der Waals surface area contributed by atoms with Crippen molar-refractivity contribution in [2.75, 3.05) is 0 Å². The average Bonchev–Trinajstić information content (AvgIpc) is 2.55. The summed E-state index contributed by atoms with van der Waals surface area (Å²) in [5.41, 5.74) is 3.98. The number of aromatic nitrogens is 2. The van der Waals surface area contributed by atoms with Gasteiger partial charge < -0.3 is 21.0 Å². The van der Waals surface area contributed by atoms with Crippen LogP contribution in [0.4, 0.5) is 5.82 Å². The van der Waals surface area contributed by atoms with E-state index in [1.807, 2.05) is 0 Å². The zero-order chi connectivity index (χ0) is 13.2. The maximum atomic E-state index is 10.8. The predicted octanol–water partition coefficient (Wildman–Crippen LogP) is -0.718. The molecule has 1 heterocycles. The van der Waals surface area contributed by atoms with E-state index in [0.717, 1.165) is 10.8 Å². The van der Waals surface area contributed by atoms with Gasteiger partial charge in [-0.15, -0.1) is 0 Å². The van der Waals surface area contributed by atoms with E-state index in [4.69, 9.17) is 10.8 Å². The summed E-state index contributed by atoms with van der Waals surface area (Å²) < 4.78 is 1.13. The zero-order valence-electron chi connectivity index (χ0n) is 8.65. The normalized spacial score (nSPS) is 11.2. The quantitative estimate of drug-likeness (QED) is 0.234. The number of hydrogen-bond acceptors (Lipinski definition) is 5. The van der Waals surface area contributed by atoms with Crippen molar-refractivity contribution in [3.05, 3.63) is 27.4 Å². The largest absolute Gasteiger partial charge is 0.477 e. The molecule has 0 fully saturated rings. The van der Waals surface area contributed by atoms with Crippen molar-refractivity contribution in [3.63, 3.8) is 0 Å². The van der Waals surface area contributed by atoms with Gasteiger partial charge in [-0.25, -0.2) is 4.79 Å². The molecule has 0 aliphatic carbocycles. The van der Waals surface area contributed by atoms with E-state index < -0.39 is 28.2 Å². The Hall–Kier alpha value is -2.71. The zero-order valence-corrected chi connectivity index (χ0v) is 8.65. The molecule has 9 nitrogen and oxygen atoms in total. The van der Waals surface area contributed by atoms with Crippen LogP contribution in [0.5, 0.6) is 0 Å². The first-order valence-corrected chi connectivity index (χ1v) is 4.25. The van der Waals surface area contributed by atoms with Crippen LogP contribution in [0.25, 0.3) is 6.08 Å². The number of nitro groups is 1. The summed E-state index contributed by atoms with van der Waals surface area (Å²) in [7, 11) is 1.43. The van der Waals surface area contributed by atoms with Gasteiger partial charge in [-0.2, -0.15) is 4.68 Å². The van der Waals surface area contributed by atoms with Gasteiger partial charge in [0.2, 0.25) is 0 Å². The Labute approximate surface area is 94.3 Å². The van der Waals surface area contributed by atoms with Gasteiger partial charge >= 0.3 is 11.8 Å². The molecule has 0 atom stereocenters. The third-order valence-electron chi connectivity index (χ3n) is 1.81. The van der Waals surface area contributed by atoms with Crippen molar-refractivity contribution in [2.45, 2.75) is 0 Å². The molecule has 0 unspecified atom stereocenters. The van der Waals surface area contributed by atoms with E-state index in [0.29, 0.717) is 0 Å². The highest BCUT2D eigenvalue weighted by molar-refractivity contribution is 6.18. The lowest BCUT2D eigenvalue weighted by molar-refractivity contribution is -0.390. The van der Waals surface area contributed by atoms with Crippen LogP contribution in [0.2, 0.25) is 0 Å². The average molecular weight is 240 g/mol. The molecule has 1 amide bonds. The fourth-order valence-electron chi connectivity index (χ4n) is 1.13. The van der Waals surface area contributed by atoms with Crippen LogP contribution in [-0.2, 0) is 16.6 Å². The molecule has 0 saturated carbocycles. The number of nitrogens with zero attached hydrogens (tertiary/aromatic N) is 3. The minimum atomic E-state index is -1.56. The summed E-state index contributed by atoms with van der Waals surface area (Å²) in [6.45, 7) is 0. The van der Waals surface area contributed by atoms with Gasteiger partial charge in [0.15, 0.2) is 0 Å². The lowest BCUT2D eigenvalue weighted by atomic mass is 10.2. The van der Waals surface area contributed by atoms with Crippen LogP contribution < -0.4 is 5.73 Å². The van der Waals surface area contributed by atoms with Gasteiger partial charge in [-0.05, 0) is 11.0 Å². The molecule has 1 rings (SSSR count). The van der Waals surface area contributed by atoms with Gasteiger partial charge in [-0.3, -0.25) is 4.79 Å². The van der Waals surface area contributed by atoms with Crippen molar-refractivity contribution >= 4 is 23.8 Å². The molecule has 1 aromatic rings. The molecule has 0 aliphatic rings. The minimum Gasteiger partial charge on any atom is -0.477 e. The summed E-state index contributed by atoms with van der Waals surface area (Å²) in [5, 5.41) is 22.8. The topological polar surface area (TPSA) is 141 Å². The number of aryl methyl sites for hydroxylation is 1. The summed E-state index contributed by atoms with van der Waals surface area (Å²) in [6.07, 6.45) is 2.03. The second-order valence-corrected chi connectivity index (χ2v) is 3.07. The number of carboxylic acid groups (broad SMARTS) is 1. The van der Waals surface area contributed by atoms with Crippen LogP contribution in [0.1, 0.15) is 5.56 Å². The molecular formula is C8H8N4O5. The maximum absolute atomic E-state index is 10.8. The SMILES string of the molecule is Cn1cc(/C=C(/C(N)=O)C(=O)O)c([N+](=O)[O-])n1. The number of hydrogen-bond donors (Lipinski definition) is 2. The highest BCUT2D eigenvalue weighted by Crippen LogP contribution is 2.18. The first kappa shape index (κ1) is 12.4. The molecular weight excluding hydrogens is 232 g/mol. The molecule has 0 aliphatic heterocycles. The van der Waals surface area contributed by atoms with Crippen molar-refractivity contribution in [1.29, 1.82) is 0 Å². The number of primary amides is 1. The number of nitrogens with two attached hydrogens (primary N) is 1. The third kappa shape index (κ3) is 2.65. The number of rotatable bonds is 4. The van der Waals surface area contributed by atoms with E-state index in [1.54, 1.807) is 0 Å². The standard InChI is InChI=1S/C8H8N4O5/c1-11-3-4(7(10-11)12(16)17)2-5(6(9)13)8(14)15/h2-3H,1H3,(H2,9,13)(H,14,15)/b5-2-. The van der Waals surface area contributed by atoms with Crippen molar-refractivity contribution in [3.8, 4) is 0 Å². The monoisotopic (exact) mass is 240 g/mol. The van der Waals surface area contributed by atoms with Gasteiger partial charge in [0, 0.05) is 0 Å². The van der Waals surface area contributed by atoms with Crippen LogP contribution in [0, 0.1) is 10.1 Å². The Morgan fingerprint density at radius 1 is 1.65 bits per heavy atom. The van der Waals surface area contributed by atoms with E-state index in [1.165, 1.54) is 13.2 Å². The van der Waals surface area contributed by atoms with E-state index in [-0.39, 0.29) is 5.56 Å². The molecule has 0 aromatic carbocycles. The highest BCUT2D eigenvalue weighted by atomic mass is 16.6.